The normalized spacial score (nSPS) is 15.2. The van der Waals surface area contributed by atoms with Gasteiger partial charge in [-0.1, -0.05) is 52.2 Å². The summed E-state index contributed by atoms with van der Waals surface area (Å²) in [6, 6.07) is 12.3. The number of morpholine rings is 1. The van der Waals surface area contributed by atoms with E-state index in [-0.39, 0.29) is 17.3 Å². The zero-order valence-corrected chi connectivity index (χ0v) is 25.2. The summed E-state index contributed by atoms with van der Waals surface area (Å²) in [6.07, 6.45) is 5.73. The Morgan fingerprint density at radius 2 is 1.66 bits per heavy atom. The van der Waals surface area contributed by atoms with Crippen LogP contribution in [0.25, 0.3) is 0 Å². The van der Waals surface area contributed by atoms with Crippen LogP contribution in [0.3, 0.4) is 0 Å². The molecule has 2 aromatic carbocycles. The van der Waals surface area contributed by atoms with Gasteiger partial charge in [0, 0.05) is 37.4 Å². The number of nitrogens with one attached hydrogen (secondary N) is 2. The first-order chi connectivity index (χ1) is 19.7. The van der Waals surface area contributed by atoms with Crippen LogP contribution in [-0.2, 0) is 26.0 Å². The number of unbranched alkanes of at least 4 members (excludes halogenated alkanes) is 3. The summed E-state index contributed by atoms with van der Waals surface area (Å²) in [5.41, 5.74) is 3.79. The van der Waals surface area contributed by atoms with Gasteiger partial charge in [-0.2, -0.15) is 4.31 Å². The number of nitrogens with zero attached hydrogens (tertiary/aromatic N) is 2. The first-order valence-corrected chi connectivity index (χ1v) is 15.9. The molecular weight excluding hydrogens is 544 g/mol. The Morgan fingerprint density at radius 3 is 2.24 bits per heavy atom. The van der Waals surface area contributed by atoms with Gasteiger partial charge in [-0.15, -0.1) is 0 Å². The number of hydroxylamine groups is 1. The molecule has 0 saturated carbocycles. The second kappa shape index (κ2) is 16.0. The minimum Gasteiger partial charge on any atom is -0.379 e. The molecule has 0 aliphatic carbocycles. The van der Waals surface area contributed by atoms with Gasteiger partial charge in [-0.3, -0.25) is 19.7 Å². The third-order valence-corrected chi connectivity index (χ3v) is 9.21. The van der Waals surface area contributed by atoms with Crippen molar-refractivity contribution in [2.45, 2.75) is 63.8 Å². The third-order valence-electron chi connectivity index (χ3n) is 7.31. The number of benzene rings is 2. The van der Waals surface area contributed by atoms with Crippen LogP contribution < -0.4 is 10.8 Å². The van der Waals surface area contributed by atoms with Gasteiger partial charge < -0.3 is 10.1 Å². The lowest BCUT2D eigenvalue weighted by molar-refractivity contribution is -0.134. The molecule has 10 nitrogen and oxygen atoms in total. The number of anilines is 1. The Kier molecular flexibility index (Phi) is 12.7. The average molecular weight is 589 g/mol. The molecule has 1 aliphatic rings. The zero-order valence-electron chi connectivity index (χ0n) is 24.3. The summed E-state index contributed by atoms with van der Waals surface area (Å²) >= 11 is 0. The molecule has 11 heteroatoms. The van der Waals surface area contributed by atoms with E-state index in [0.717, 1.165) is 17.1 Å². The molecule has 1 fully saturated rings. The number of rotatable bonds is 15. The molecule has 3 rings (SSSR count). The monoisotopic (exact) mass is 588 g/mol. The molecule has 1 atom stereocenters. The van der Waals surface area contributed by atoms with Crippen molar-refractivity contribution >= 4 is 27.5 Å². The first kappa shape index (κ1) is 32.7. The van der Waals surface area contributed by atoms with Crippen molar-refractivity contribution in [3.05, 3.63) is 59.7 Å². The van der Waals surface area contributed by atoms with E-state index in [4.69, 9.17) is 4.74 Å². The van der Waals surface area contributed by atoms with Crippen LogP contribution in [0.15, 0.2) is 53.4 Å². The number of amides is 2. The Hall–Kier alpha value is -2.83. The molecule has 0 spiro atoms. The fraction of sp³-hybridized carbons (Fsp3) is 0.533. The molecule has 226 valence electrons. The largest absolute Gasteiger partial charge is 0.379 e. The van der Waals surface area contributed by atoms with Gasteiger partial charge in [0.1, 0.15) is 6.04 Å². The van der Waals surface area contributed by atoms with Crippen LogP contribution in [0.5, 0.6) is 0 Å². The lowest BCUT2D eigenvalue weighted by Crippen LogP contribution is -2.54. The standard InChI is InChI=1S/C30H44N4O6S/c1-4-5-6-7-8-24-9-11-25(12-10-24)29(35)31-26-13-15-27(16-14-26)41(38,39)34(28(23(2)3)30(36)32-37)18-17-33-19-21-40-22-20-33/h9-16,23,28,37H,4-8,17-22H2,1-3H3,(H,31,35)(H,32,36)/t28-/m1/s1. The topological polar surface area (TPSA) is 128 Å². The van der Waals surface area contributed by atoms with Crippen molar-refractivity contribution in [3.63, 3.8) is 0 Å². The molecular formula is C30H44N4O6S. The van der Waals surface area contributed by atoms with Gasteiger partial charge in [0.2, 0.25) is 10.0 Å². The molecule has 2 aromatic rings. The van der Waals surface area contributed by atoms with Crippen molar-refractivity contribution < 1.29 is 28.0 Å². The minimum atomic E-state index is -4.12. The van der Waals surface area contributed by atoms with Crippen LogP contribution >= 0.6 is 0 Å². The number of carbonyl (C=O) groups excluding carboxylic acids is 2. The Balaban J connectivity index is 1.72. The number of sulfonamides is 1. The maximum Gasteiger partial charge on any atom is 0.262 e. The van der Waals surface area contributed by atoms with Crippen molar-refractivity contribution in [2.75, 3.05) is 44.7 Å². The number of hydrogen-bond donors (Lipinski definition) is 3. The molecule has 0 radical (unpaired) electrons. The lowest BCUT2D eigenvalue weighted by atomic mass is 10.0. The smallest absolute Gasteiger partial charge is 0.262 e. The van der Waals surface area contributed by atoms with Gasteiger partial charge in [-0.25, -0.2) is 13.9 Å². The molecule has 3 N–H and O–H groups in total. The molecule has 1 aliphatic heterocycles. The van der Waals surface area contributed by atoms with Gasteiger partial charge in [0.15, 0.2) is 0 Å². The Labute approximate surface area is 244 Å². The summed E-state index contributed by atoms with van der Waals surface area (Å²) in [4.78, 5) is 27.5. The molecule has 0 aromatic heterocycles. The third kappa shape index (κ3) is 9.34. The van der Waals surface area contributed by atoms with Crippen LogP contribution in [0.2, 0.25) is 0 Å². The molecule has 1 saturated heterocycles. The highest BCUT2D eigenvalue weighted by Gasteiger charge is 2.38. The SMILES string of the molecule is CCCCCCc1ccc(C(=O)Nc2ccc(S(=O)(=O)N(CCN3CCOCC3)[C@@H](C(=O)NO)C(C)C)cc2)cc1. The zero-order chi connectivity index (χ0) is 29.8. The van der Waals surface area contributed by atoms with E-state index < -0.39 is 27.9 Å². The van der Waals surface area contributed by atoms with E-state index in [1.807, 2.05) is 12.1 Å². The summed E-state index contributed by atoms with van der Waals surface area (Å²) in [5.74, 6) is -1.48. The van der Waals surface area contributed by atoms with E-state index in [1.54, 1.807) is 31.5 Å². The molecule has 41 heavy (non-hydrogen) atoms. The van der Waals surface area contributed by atoms with Crippen LogP contribution in [-0.4, -0.2) is 80.1 Å². The summed E-state index contributed by atoms with van der Waals surface area (Å²) in [5, 5.41) is 12.2. The first-order valence-electron chi connectivity index (χ1n) is 14.4. The van der Waals surface area contributed by atoms with E-state index in [9.17, 15) is 23.2 Å². The van der Waals surface area contributed by atoms with Crippen molar-refractivity contribution in [3.8, 4) is 0 Å². The highest BCUT2D eigenvalue weighted by Crippen LogP contribution is 2.24. The molecule has 0 bridgehead atoms. The second-order valence-corrected chi connectivity index (χ2v) is 12.6. The van der Waals surface area contributed by atoms with E-state index >= 15 is 0 Å². The maximum atomic E-state index is 13.8. The fourth-order valence-electron chi connectivity index (χ4n) is 4.93. The quantitative estimate of drug-likeness (QED) is 0.163. The lowest BCUT2D eigenvalue weighted by Gasteiger charge is -2.34. The number of hydrogen-bond acceptors (Lipinski definition) is 7. The summed E-state index contributed by atoms with van der Waals surface area (Å²) < 4.78 is 34.1. The maximum absolute atomic E-state index is 13.8. The number of ether oxygens (including phenoxy) is 1. The minimum absolute atomic E-state index is 0.0127. The number of aryl methyl sites for hydroxylation is 1. The van der Waals surface area contributed by atoms with Crippen LogP contribution in [0.1, 0.15) is 62.4 Å². The predicted molar refractivity (Wildman–Crippen MR) is 158 cm³/mol. The van der Waals surface area contributed by atoms with E-state index in [1.165, 1.54) is 49.1 Å². The van der Waals surface area contributed by atoms with Crippen molar-refractivity contribution in [1.29, 1.82) is 0 Å². The van der Waals surface area contributed by atoms with Crippen molar-refractivity contribution in [1.82, 2.24) is 14.7 Å². The highest BCUT2D eigenvalue weighted by molar-refractivity contribution is 7.89. The number of carbonyl (C=O) groups is 2. The molecule has 2 amide bonds. The summed E-state index contributed by atoms with van der Waals surface area (Å²) in [7, 11) is -4.12. The summed E-state index contributed by atoms with van der Waals surface area (Å²) in [6.45, 7) is 8.59. The Morgan fingerprint density at radius 1 is 1.00 bits per heavy atom. The van der Waals surface area contributed by atoms with E-state index in [2.05, 4.69) is 17.1 Å². The molecule has 0 unspecified atom stereocenters. The predicted octanol–water partition coefficient (Wildman–Crippen LogP) is 3.91. The van der Waals surface area contributed by atoms with Crippen molar-refractivity contribution in [2.24, 2.45) is 5.92 Å². The van der Waals surface area contributed by atoms with Gasteiger partial charge in [-0.05, 0) is 60.7 Å². The average Bonchev–Trinajstić information content (AvgIpc) is 2.98. The second-order valence-electron chi connectivity index (χ2n) is 10.7. The highest BCUT2D eigenvalue weighted by atomic mass is 32.2. The van der Waals surface area contributed by atoms with Gasteiger partial charge in [0.25, 0.3) is 11.8 Å². The van der Waals surface area contributed by atoms with Crippen LogP contribution in [0, 0.1) is 5.92 Å². The Bertz CT molecular complexity index is 1210. The van der Waals surface area contributed by atoms with Gasteiger partial charge in [0.05, 0.1) is 18.1 Å². The molecule has 1 heterocycles. The van der Waals surface area contributed by atoms with E-state index in [0.29, 0.717) is 44.1 Å². The fourth-order valence-corrected chi connectivity index (χ4v) is 6.64. The van der Waals surface area contributed by atoms with Crippen LogP contribution in [0.4, 0.5) is 5.69 Å². The van der Waals surface area contributed by atoms with Gasteiger partial charge >= 0.3 is 0 Å².